The zero-order chi connectivity index (χ0) is 7.68. The second-order valence-electron chi connectivity index (χ2n) is 3.09. The summed E-state index contributed by atoms with van der Waals surface area (Å²) in [7, 11) is 0. The highest BCUT2D eigenvalue weighted by Crippen LogP contribution is 2.18. The van der Waals surface area contributed by atoms with Crippen LogP contribution in [0, 0.1) is 5.92 Å². The van der Waals surface area contributed by atoms with Gasteiger partial charge < -0.3 is 4.74 Å². The normalized spacial score (nSPS) is 23.5. The lowest BCUT2D eigenvalue weighted by Gasteiger charge is -2.04. The smallest absolute Gasteiger partial charge is 0.211 e. The first-order chi connectivity index (χ1) is 5.36. The molecular formula is C8H12N2O. The molecule has 1 aliphatic rings. The van der Waals surface area contributed by atoms with Gasteiger partial charge in [-0.2, -0.15) is 5.10 Å². The lowest BCUT2D eigenvalue weighted by atomic mass is 10.1. The standard InChI is InChI=1S/C8H12N2O/c1-7-3-5-11-8-2-4-9-10(8)6-7/h2,4,7H,3,5-6H2,1H3. The number of ether oxygens (including phenoxy) is 1. The molecule has 1 aliphatic heterocycles. The van der Waals surface area contributed by atoms with Gasteiger partial charge in [0.25, 0.3) is 0 Å². The summed E-state index contributed by atoms with van der Waals surface area (Å²) in [5.41, 5.74) is 0. The summed E-state index contributed by atoms with van der Waals surface area (Å²) in [6, 6.07) is 1.91. The van der Waals surface area contributed by atoms with E-state index in [1.807, 2.05) is 10.7 Å². The van der Waals surface area contributed by atoms with Crippen molar-refractivity contribution >= 4 is 0 Å². The highest BCUT2D eigenvalue weighted by atomic mass is 16.5. The van der Waals surface area contributed by atoms with E-state index in [0.29, 0.717) is 5.92 Å². The van der Waals surface area contributed by atoms with Crippen molar-refractivity contribution in [2.24, 2.45) is 5.92 Å². The van der Waals surface area contributed by atoms with Gasteiger partial charge in [-0.05, 0) is 12.3 Å². The number of fused-ring (bicyclic) bond motifs is 1. The molecule has 0 amide bonds. The molecule has 0 N–H and O–H groups in total. The second kappa shape index (κ2) is 2.57. The quantitative estimate of drug-likeness (QED) is 0.560. The van der Waals surface area contributed by atoms with Gasteiger partial charge in [-0.3, -0.25) is 0 Å². The molecule has 11 heavy (non-hydrogen) atoms. The highest BCUT2D eigenvalue weighted by molar-refractivity contribution is 5.08. The van der Waals surface area contributed by atoms with Crippen molar-refractivity contribution in [1.82, 2.24) is 9.78 Å². The first-order valence-corrected chi connectivity index (χ1v) is 4.01. The molecule has 2 rings (SSSR count). The minimum Gasteiger partial charge on any atom is -0.478 e. The molecule has 0 fully saturated rings. The predicted molar refractivity (Wildman–Crippen MR) is 41.5 cm³/mol. The van der Waals surface area contributed by atoms with Crippen molar-refractivity contribution in [2.45, 2.75) is 19.9 Å². The number of hydrogen-bond donors (Lipinski definition) is 0. The van der Waals surface area contributed by atoms with E-state index < -0.39 is 0 Å². The third-order valence-corrected chi connectivity index (χ3v) is 2.02. The minimum absolute atomic E-state index is 0.677. The lowest BCUT2D eigenvalue weighted by Crippen LogP contribution is -2.05. The monoisotopic (exact) mass is 152 g/mol. The summed E-state index contributed by atoms with van der Waals surface area (Å²) in [6.45, 7) is 4.04. The summed E-state index contributed by atoms with van der Waals surface area (Å²) in [4.78, 5) is 0. The van der Waals surface area contributed by atoms with Gasteiger partial charge in [0.05, 0.1) is 12.8 Å². The van der Waals surface area contributed by atoms with Crippen LogP contribution >= 0.6 is 0 Å². The van der Waals surface area contributed by atoms with Crippen LogP contribution in [0.25, 0.3) is 0 Å². The SMILES string of the molecule is CC1CCOc2ccnn2C1. The molecule has 1 unspecified atom stereocenters. The van der Waals surface area contributed by atoms with Crippen LogP contribution in [0.5, 0.6) is 5.88 Å². The third kappa shape index (κ3) is 1.23. The summed E-state index contributed by atoms with van der Waals surface area (Å²) < 4.78 is 7.39. The molecule has 1 atom stereocenters. The Balaban J connectivity index is 2.26. The van der Waals surface area contributed by atoms with Crippen molar-refractivity contribution in [2.75, 3.05) is 6.61 Å². The molecule has 0 saturated heterocycles. The van der Waals surface area contributed by atoms with E-state index in [0.717, 1.165) is 25.5 Å². The number of nitrogens with zero attached hydrogens (tertiary/aromatic N) is 2. The molecule has 1 aromatic heterocycles. The van der Waals surface area contributed by atoms with Crippen molar-refractivity contribution in [3.63, 3.8) is 0 Å². The minimum atomic E-state index is 0.677. The first-order valence-electron chi connectivity index (χ1n) is 4.01. The van der Waals surface area contributed by atoms with Crippen LogP contribution in [0.3, 0.4) is 0 Å². The molecular weight excluding hydrogens is 140 g/mol. The Bertz CT molecular complexity index is 244. The molecule has 0 saturated carbocycles. The summed E-state index contributed by atoms with van der Waals surface area (Å²) in [5, 5.41) is 4.16. The van der Waals surface area contributed by atoms with Gasteiger partial charge in [0.1, 0.15) is 0 Å². The average molecular weight is 152 g/mol. The van der Waals surface area contributed by atoms with Crippen LogP contribution in [0.4, 0.5) is 0 Å². The summed E-state index contributed by atoms with van der Waals surface area (Å²) in [6.07, 6.45) is 2.91. The summed E-state index contributed by atoms with van der Waals surface area (Å²) >= 11 is 0. The molecule has 3 nitrogen and oxygen atoms in total. The van der Waals surface area contributed by atoms with E-state index in [2.05, 4.69) is 12.0 Å². The Morgan fingerprint density at radius 1 is 1.73 bits per heavy atom. The molecule has 0 bridgehead atoms. The van der Waals surface area contributed by atoms with E-state index in [-0.39, 0.29) is 0 Å². The molecule has 0 aliphatic carbocycles. The molecule has 0 aromatic carbocycles. The van der Waals surface area contributed by atoms with Crippen molar-refractivity contribution in [3.05, 3.63) is 12.3 Å². The number of aromatic nitrogens is 2. The maximum absolute atomic E-state index is 5.46. The van der Waals surface area contributed by atoms with Gasteiger partial charge in [-0.25, -0.2) is 4.68 Å². The second-order valence-corrected chi connectivity index (χ2v) is 3.09. The van der Waals surface area contributed by atoms with Crippen LogP contribution in [-0.4, -0.2) is 16.4 Å². The predicted octanol–water partition coefficient (Wildman–Crippen LogP) is 1.30. The zero-order valence-corrected chi connectivity index (χ0v) is 6.66. The van der Waals surface area contributed by atoms with Crippen LogP contribution < -0.4 is 4.74 Å². The van der Waals surface area contributed by atoms with E-state index >= 15 is 0 Å². The highest BCUT2D eigenvalue weighted by Gasteiger charge is 2.12. The molecule has 3 heteroatoms. The molecule has 60 valence electrons. The van der Waals surface area contributed by atoms with Gasteiger partial charge in [-0.15, -0.1) is 0 Å². The van der Waals surface area contributed by atoms with E-state index in [9.17, 15) is 0 Å². The molecule has 0 radical (unpaired) electrons. The average Bonchev–Trinajstić information content (AvgIpc) is 2.31. The van der Waals surface area contributed by atoms with Crippen molar-refractivity contribution < 1.29 is 4.74 Å². The van der Waals surface area contributed by atoms with Crippen LogP contribution in [-0.2, 0) is 6.54 Å². The van der Waals surface area contributed by atoms with E-state index in [4.69, 9.17) is 4.74 Å². The van der Waals surface area contributed by atoms with Crippen LogP contribution in [0.2, 0.25) is 0 Å². The molecule has 1 aromatic rings. The van der Waals surface area contributed by atoms with Gasteiger partial charge in [0.15, 0.2) is 0 Å². The Morgan fingerprint density at radius 2 is 2.64 bits per heavy atom. The Hall–Kier alpha value is -0.990. The Kier molecular flexibility index (Phi) is 1.56. The number of rotatable bonds is 0. The van der Waals surface area contributed by atoms with Gasteiger partial charge in [0.2, 0.25) is 5.88 Å². The largest absolute Gasteiger partial charge is 0.478 e. The van der Waals surface area contributed by atoms with E-state index in [1.165, 1.54) is 0 Å². The van der Waals surface area contributed by atoms with Gasteiger partial charge in [0, 0.05) is 12.6 Å². The third-order valence-electron chi connectivity index (χ3n) is 2.02. The van der Waals surface area contributed by atoms with Crippen molar-refractivity contribution in [3.8, 4) is 5.88 Å². The van der Waals surface area contributed by atoms with Crippen LogP contribution in [0.1, 0.15) is 13.3 Å². The molecule has 0 spiro atoms. The van der Waals surface area contributed by atoms with Crippen LogP contribution in [0.15, 0.2) is 12.3 Å². The summed E-state index contributed by atoms with van der Waals surface area (Å²) in [5.74, 6) is 1.59. The van der Waals surface area contributed by atoms with Gasteiger partial charge >= 0.3 is 0 Å². The molecule has 2 heterocycles. The zero-order valence-electron chi connectivity index (χ0n) is 6.66. The lowest BCUT2D eigenvalue weighted by molar-refractivity contribution is 0.295. The first kappa shape index (κ1) is 6.70. The Morgan fingerprint density at radius 3 is 3.55 bits per heavy atom. The number of hydrogen-bond acceptors (Lipinski definition) is 2. The fourth-order valence-corrected chi connectivity index (χ4v) is 1.33. The topological polar surface area (TPSA) is 27.1 Å². The van der Waals surface area contributed by atoms with E-state index in [1.54, 1.807) is 6.20 Å². The maximum Gasteiger partial charge on any atom is 0.211 e. The maximum atomic E-state index is 5.46. The van der Waals surface area contributed by atoms with Gasteiger partial charge in [-0.1, -0.05) is 6.92 Å². The fourth-order valence-electron chi connectivity index (χ4n) is 1.33. The Labute approximate surface area is 66.0 Å². The van der Waals surface area contributed by atoms with Crippen molar-refractivity contribution in [1.29, 1.82) is 0 Å². The fraction of sp³-hybridized carbons (Fsp3) is 0.625.